The fraction of sp³-hybridized carbons (Fsp3) is 1.00. The van der Waals surface area contributed by atoms with Crippen LogP contribution in [0.2, 0.25) is 0 Å². The topological polar surface area (TPSA) is 26.7 Å². The first-order chi connectivity index (χ1) is 6.20. The normalized spacial score (nSPS) is 25.9. The molecule has 1 aliphatic heterocycles. The summed E-state index contributed by atoms with van der Waals surface area (Å²) in [5, 5.41) is 10.1. The number of likely N-dealkylation sites (tertiary alicyclic amines) is 1. The van der Waals surface area contributed by atoms with Gasteiger partial charge in [0.2, 0.25) is 0 Å². The summed E-state index contributed by atoms with van der Waals surface area (Å²) in [6.07, 6.45) is 0. The smallest absolute Gasteiger partial charge is 0.0871 e. The number of β-amino-alcohol motifs (C(OH)–C–C–N with tert-alkyl or cyclic N) is 1. The maximum absolute atomic E-state index is 10.1. The molecule has 1 saturated heterocycles. The molecule has 84 valence electrons. The van der Waals surface area contributed by atoms with E-state index in [4.69, 9.17) is 0 Å². The first-order valence-electron chi connectivity index (χ1n) is 5.30. The largest absolute Gasteiger partial charge is 0.388 e. The molecule has 1 heterocycles. The van der Waals surface area contributed by atoms with Crippen molar-refractivity contribution in [3.05, 3.63) is 0 Å². The third-order valence-corrected chi connectivity index (χ3v) is 2.52. The van der Waals surface area contributed by atoms with Gasteiger partial charge in [-0.1, -0.05) is 13.8 Å². The Bertz CT molecular complexity index is 191. The highest BCUT2D eigenvalue weighted by Gasteiger charge is 2.37. The predicted octanol–water partition coefficient (Wildman–Crippen LogP) is 0.641. The molecule has 0 aromatic carbocycles. The highest BCUT2D eigenvalue weighted by molar-refractivity contribution is 4.91. The SMILES string of the molecule is CN(C)CC(C)(O)CN1CC(C)(C)C1. The molecule has 1 rings (SSSR count). The Hall–Kier alpha value is -0.120. The first-order valence-corrected chi connectivity index (χ1v) is 5.30. The van der Waals surface area contributed by atoms with Crippen LogP contribution < -0.4 is 0 Å². The van der Waals surface area contributed by atoms with Gasteiger partial charge in [-0.15, -0.1) is 0 Å². The molecule has 1 N–H and O–H groups in total. The van der Waals surface area contributed by atoms with Crippen LogP contribution in [-0.4, -0.2) is 60.8 Å². The van der Waals surface area contributed by atoms with Gasteiger partial charge < -0.3 is 10.0 Å². The number of nitrogens with zero attached hydrogens (tertiary/aromatic N) is 2. The third-order valence-electron chi connectivity index (χ3n) is 2.52. The van der Waals surface area contributed by atoms with Crippen molar-refractivity contribution in [3.63, 3.8) is 0 Å². The fourth-order valence-corrected chi connectivity index (χ4v) is 2.49. The second kappa shape index (κ2) is 3.80. The lowest BCUT2D eigenvalue weighted by Gasteiger charge is -2.48. The van der Waals surface area contributed by atoms with Gasteiger partial charge in [-0.05, 0) is 26.4 Å². The van der Waals surface area contributed by atoms with Crippen LogP contribution in [0.3, 0.4) is 0 Å². The third kappa shape index (κ3) is 3.56. The summed E-state index contributed by atoms with van der Waals surface area (Å²) in [6.45, 7) is 10.2. The summed E-state index contributed by atoms with van der Waals surface area (Å²) < 4.78 is 0. The minimum Gasteiger partial charge on any atom is -0.388 e. The Balaban J connectivity index is 2.30. The van der Waals surface area contributed by atoms with Crippen molar-refractivity contribution >= 4 is 0 Å². The van der Waals surface area contributed by atoms with E-state index >= 15 is 0 Å². The maximum Gasteiger partial charge on any atom is 0.0871 e. The highest BCUT2D eigenvalue weighted by atomic mass is 16.3. The van der Waals surface area contributed by atoms with Gasteiger partial charge in [0.1, 0.15) is 0 Å². The van der Waals surface area contributed by atoms with Crippen molar-refractivity contribution in [1.29, 1.82) is 0 Å². The average molecular weight is 200 g/mol. The molecular weight excluding hydrogens is 176 g/mol. The van der Waals surface area contributed by atoms with Crippen molar-refractivity contribution in [2.45, 2.75) is 26.4 Å². The Morgan fingerprint density at radius 1 is 1.36 bits per heavy atom. The van der Waals surface area contributed by atoms with Crippen LogP contribution >= 0.6 is 0 Å². The van der Waals surface area contributed by atoms with Crippen molar-refractivity contribution in [2.24, 2.45) is 5.41 Å². The quantitative estimate of drug-likeness (QED) is 0.721. The Labute approximate surface area is 87.7 Å². The van der Waals surface area contributed by atoms with Gasteiger partial charge in [0.25, 0.3) is 0 Å². The lowest BCUT2D eigenvalue weighted by atomic mass is 9.83. The highest BCUT2D eigenvalue weighted by Crippen LogP contribution is 2.29. The van der Waals surface area contributed by atoms with Gasteiger partial charge in [0.15, 0.2) is 0 Å². The number of aliphatic hydroxyl groups is 1. The number of hydrogen-bond acceptors (Lipinski definition) is 3. The van der Waals surface area contributed by atoms with Gasteiger partial charge in [-0.3, -0.25) is 4.90 Å². The fourth-order valence-electron chi connectivity index (χ4n) is 2.49. The van der Waals surface area contributed by atoms with E-state index < -0.39 is 5.60 Å². The predicted molar refractivity (Wildman–Crippen MR) is 59.4 cm³/mol. The maximum atomic E-state index is 10.1. The molecule has 0 amide bonds. The Morgan fingerprint density at radius 3 is 2.21 bits per heavy atom. The van der Waals surface area contributed by atoms with Gasteiger partial charge in [-0.2, -0.15) is 0 Å². The van der Waals surface area contributed by atoms with Crippen molar-refractivity contribution in [3.8, 4) is 0 Å². The minimum absolute atomic E-state index is 0.453. The molecule has 3 heteroatoms. The summed E-state index contributed by atoms with van der Waals surface area (Å²) in [4.78, 5) is 4.36. The van der Waals surface area contributed by atoms with Crippen LogP contribution in [0.5, 0.6) is 0 Å². The van der Waals surface area contributed by atoms with Crippen LogP contribution in [0.4, 0.5) is 0 Å². The number of rotatable bonds is 4. The van der Waals surface area contributed by atoms with Gasteiger partial charge in [-0.25, -0.2) is 0 Å². The molecule has 0 aromatic rings. The Morgan fingerprint density at radius 2 is 1.86 bits per heavy atom. The molecule has 1 aliphatic rings. The molecular formula is C11H24N2O. The van der Waals surface area contributed by atoms with Gasteiger partial charge in [0.05, 0.1) is 5.60 Å². The van der Waals surface area contributed by atoms with Crippen molar-refractivity contribution in [1.82, 2.24) is 9.80 Å². The molecule has 0 spiro atoms. The van der Waals surface area contributed by atoms with Crippen molar-refractivity contribution < 1.29 is 5.11 Å². The summed E-state index contributed by atoms with van der Waals surface area (Å²) in [5.74, 6) is 0. The average Bonchev–Trinajstić information content (AvgIpc) is 1.76. The molecule has 0 aromatic heterocycles. The lowest BCUT2D eigenvalue weighted by molar-refractivity contribution is -0.0551. The summed E-state index contributed by atoms with van der Waals surface area (Å²) >= 11 is 0. The molecule has 1 fully saturated rings. The van der Waals surface area contributed by atoms with Crippen LogP contribution in [0.15, 0.2) is 0 Å². The van der Waals surface area contributed by atoms with E-state index in [2.05, 4.69) is 18.7 Å². The zero-order valence-electron chi connectivity index (χ0n) is 10.2. The van der Waals surface area contributed by atoms with Crippen molar-refractivity contribution in [2.75, 3.05) is 40.3 Å². The van der Waals surface area contributed by atoms with E-state index in [1.54, 1.807) is 0 Å². The van der Waals surface area contributed by atoms with E-state index in [9.17, 15) is 5.11 Å². The molecule has 14 heavy (non-hydrogen) atoms. The van der Waals surface area contributed by atoms with Gasteiger partial charge in [0, 0.05) is 26.2 Å². The van der Waals surface area contributed by atoms with Gasteiger partial charge >= 0.3 is 0 Å². The van der Waals surface area contributed by atoms with Crippen LogP contribution in [0.25, 0.3) is 0 Å². The summed E-state index contributed by atoms with van der Waals surface area (Å²) in [6, 6.07) is 0. The van der Waals surface area contributed by atoms with E-state index in [1.165, 1.54) is 0 Å². The first kappa shape index (κ1) is 12.0. The number of hydrogen-bond donors (Lipinski definition) is 1. The monoisotopic (exact) mass is 200 g/mol. The van der Waals surface area contributed by atoms with E-state index in [-0.39, 0.29) is 0 Å². The van der Waals surface area contributed by atoms with Crippen LogP contribution in [0.1, 0.15) is 20.8 Å². The zero-order chi connectivity index (χ0) is 11.0. The van der Waals surface area contributed by atoms with Crippen LogP contribution in [-0.2, 0) is 0 Å². The molecule has 0 aliphatic carbocycles. The zero-order valence-corrected chi connectivity index (χ0v) is 10.2. The van der Waals surface area contributed by atoms with E-state index in [1.807, 2.05) is 25.9 Å². The number of likely N-dealkylation sites (N-methyl/N-ethyl adjacent to an activating group) is 1. The summed E-state index contributed by atoms with van der Waals surface area (Å²) in [5.41, 5.74) is -0.131. The molecule has 1 unspecified atom stereocenters. The minimum atomic E-state index is -0.583. The summed E-state index contributed by atoms with van der Waals surface area (Å²) in [7, 11) is 3.99. The molecule has 0 radical (unpaired) electrons. The second-order valence-corrected chi connectivity index (χ2v) is 6.04. The molecule has 1 atom stereocenters. The standard InChI is InChI=1S/C11H24N2O/c1-10(2)6-13(7-10)9-11(3,14)8-12(4)5/h14H,6-9H2,1-5H3. The second-order valence-electron chi connectivity index (χ2n) is 6.04. The van der Waals surface area contributed by atoms with E-state index in [0.29, 0.717) is 5.41 Å². The molecule has 0 saturated carbocycles. The molecule has 0 bridgehead atoms. The lowest BCUT2D eigenvalue weighted by Crippen LogP contribution is -2.58. The molecule has 3 nitrogen and oxygen atoms in total. The van der Waals surface area contributed by atoms with Crippen LogP contribution in [0, 0.1) is 5.41 Å². The Kier molecular flexibility index (Phi) is 3.24. The van der Waals surface area contributed by atoms with E-state index in [0.717, 1.165) is 26.2 Å².